The van der Waals surface area contributed by atoms with E-state index in [-0.39, 0.29) is 22.0 Å². The fraction of sp³-hybridized carbons (Fsp3) is 0.417. The number of rotatable bonds is 5. The fourth-order valence-electron chi connectivity index (χ4n) is 1.26. The highest BCUT2D eigenvalue weighted by Gasteiger charge is 2.31. The molecule has 7 heteroatoms. The van der Waals surface area contributed by atoms with Crippen LogP contribution in [0.25, 0.3) is 0 Å². The Bertz CT molecular complexity index is 420. The number of nitrogens with one attached hydrogen (secondary N) is 1. The third kappa shape index (κ3) is 5.96. The van der Waals surface area contributed by atoms with Gasteiger partial charge < -0.3 is 10.1 Å². The van der Waals surface area contributed by atoms with Crippen LogP contribution in [0.3, 0.4) is 0 Å². The van der Waals surface area contributed by atoms with E-state index in [4.69, 9.17) is 0 Å². The lowest BCUT2D eigenvalue weighted by Gasteiger charge is -2.10. The summed E-state index contributed by atoms with van der Waals surface area (Å²) in [6, 6.07) is 4.78. The summed E-state index contributed by atoms with van der Waals surface area (Å²) in [5, 5.41) is 2.67. The highest BCUT2D eigenvalue weighted by Crippen LogP contribution is 2.22. The zero-order valence-corrected chi connectivity index (χ0v) is 11.7. The van der Waals surface area contributed by atoms with Crippen LogP contribution < -0.4 is 10.1 Å². The quantitative estimate of drug-likeness (QED) is 0.834. The number of amides is 1. The average Bonchev–Trinajstić information content (AvgIpc) is 2.34. The lowest BCUT2D eigenvalue weighted by molar-refractivity contribution is -0.274. The van der Waals surface area contributed by atoms with Gasteiger partial charge in [-0.15, -0.1) is 13.2 Å². The Labute approximate surface area is 117 Å². The molecule has 0 aliphatic heterocycles. The summed E-state index contributed by atoms with van der Waals surface area (Å²) in [6.07, 6.45) is -3.87. The second-order valence-electron chi connectivity index (χ2n) is 3.79. The first-order valence-corrected chi connectivity index (χ1v) is 6.51. The van der Waals surface area contributed by atoms with Gasteiger partial charge in [-0.2, -0.15) is 0 Å². The molecule has 1 atom stereocenters. The minimum Gasteiger partial charge on any atom is -0.406 e. The monoisotopic (exact) mass is 339 g/mol. The van der Waals surface area contributed by atoms with Crippen molar-refractivity contribution in [3.05, 3.63) is 29.8 Å². The van der Waals surface area contributed by atoms with Gasteiger partial charge in [0.15, 0.2) is 0 Å². The van der Waals surface area contributed by atoms with Crippen molar-refractivity contribution in [2.75, 3.05) is 6.54 Å². The van der Waals surface area contributed by atoms with Gasteiger partial charge in [0.1, 0.15) is 5.75 Å². The molecule has 0 saturated heterocycles. The summed E-state index contributed by atoms with van der Waals surface area (Å²) >= 11 is 3.36. The van der Waals surface area contributed by atoms with Gasteiger partial charge in [-0.05, 0) is 30.7 Å². The van der Waals surface area contributed by atoms with Crippen molar-refractivity contribution in [2.24, 2.45) is 0 Å². The number of halogens is 4. The van der Waals surface area contributed by atoms with Crippen molar-refractivity contribution in [3.63, 3.8) is 0 Å². The molecular weight excluding hydrogens is 327 g/mol. The molecule has 0 radical (unpaired) electrons. The molecule has 106 valence electrons. The molecule has 3 nitrogen and oxygen atoms in total. The molecule has 0 bridgehead atoms. The number of hydrogen-bond donors (Lipinski definition) is 1. The normalized spacial score (nSPS) is 12.9. The number of alkyl halides is 4. The molecule has 0 fully saturated rings. The van der Waals surface area contributed by atoms with Crippen LogP contribution in [0.1, 0.15) is 23.7 Å². The third-order valence-electron chi connectivity index (χ3n) is 2.28. The fourth-order valence-corrected chi connectivity index (χ4v) is 1.42. The minimum absolute atomic E-state index is 0.171. The molecule has 19 heavy (non-hydrogen) atoms. The maximum absolute atomic E-state index is 11.9. The second kappa shape index (κ2) is 6.79. The highest BCUT2D eigenvalue weighted by molar-refractivity contribution is 9.09. The van der Waals surface area contributed by atoms with Gasteiger partial charge >= 0.3 is 6.36 Å². The number of carbonyl (C=O) groups is 1. The molecule has 1 aromatic carbocycles. The van der Waals surface area contributed by atoms with Crippen LogP contribution in [0.5, 0.6) is 5.75 Å². The number of ether oxygens (including phenoxy) is 1. The van der Waals surface area contributed by atoms with Crippen LogP contribution in [0, 0.1) is 0 Å². The van der Waals surface area contributed by atoms with Crippen LogP contribution in [-0.4, -0.2) is 23.6 Å². The SMILES string of the molecule is CCC(Br)CNC(=O)c1ccc(OC(F)(F)F)cc1. The summed E-state index contributed by atoms with van der Waals surface area (Å²) in [4.78, 5) is 11.8. The Hall–Kier alpha value is -1.24. The van der Waals surface area contributed by atoms with E-state index in [2.05, 4.69) is 26.0 Å². The summed E-state index contributed by atoms with van der Waals surface area (Å²) < 4.78 is 39.5. The first-order chi connectivity index (χ1) is 8.81. The van der Waals surface area contributed by atoms with E-state index in [1.807, 2.05) is 6.92 Å². The summed E-state index contributed by atoms with van der Waals surface area (Å²) in [6.45, 7) is 2.42. The van der Waals surface area contributed by atoms with Crippen LogP contribution in [0.2, 0.25) is 0 Å². The first-order valence-electron chi connectivity index (χ1n) is 5.60. The Morgan fingerprint density at radius 3 is 2.42 bits per heavy atom. The van der Waals surface area contributed by atoms with Crippen LogP contribution in [0.15, 0.2) is 24.3 Å². The Morgan fingerprint density at radius 1 is 1.37 bits per heavy atom. The van der Waals surface area contributed by atoms with Gasteiger partial charge in [0.05, 0.1) is 0 Å². The molecule has 0 aromatic heterocycles. The Balaban J connectivity index is 2.58. The molecular formula is C12H13BrF3NO2. The van der Waals surface area contributed by atoms with Gasteiger partial charge in [-0.3, -0.25) is 4.79 Å². The second-order valence-corrected chi connectivity index (χ2v) is 5.08. The smallest absolute Gasteiger partial charge is 0.406 e. The van der Waals surface area contributed by atoms with Crippen LogP contribution in [0.4, 0.5) is 13.2 Å². The molecule has 1 aromatic rings. The van der Waals surface area contributed by atoms with Crippen molar-refractivity contribution in [3.8, 4) is 5.75 Å². The zero-order chi connectivity index (χ0) is 14.5. The lowest BCUT2D eigenvalue weighted by atomic mass is 10.2. The van der Waals surface area contributed by atoms with Crippen molar-refractivity contribution in [1.29, 1.82) is 0 Å². The standard InChI is InChI=1S/C12H13BrF3NO2/c1-2-9(13)7-17-11(18)8-3-5-10(6-4-8)19-12(14,15)16/h3-6,9H,2,7H2,1H3,(H,17,18). The predicted octanol–water partition coefficient (Wildman–Crippen LogP) is 3.49. The van der Waals surface area contributed by atoms with Gasteiger partial charge in [0, 0.05) is 16.9 Å². The third-order valence-corrected chi connectivity index (χ3v) is 3.25. The maximum Gasteiger partial charge on any atom is 0.573 e. The van der Waals surface area contributed by atoms with Crippen LogP contribution in [-0.2, 0) is 0 Å². The van der Waals surface area contributed by atoms with Crippen molar-refractivity contribution in [2.45, 2.75) is 24.5 Å². The van der Waals surface area contributed by atoms with Crippen molar-refractivity contribution >= 4 is 21.8 Å². The molecule has 0 aliphatic carbocycles. The molecule has 1 unspecified atom stereocenters. The summed E-state index contributed by atoms with van der Waals surface area (Å²) in [7, 11) is 0. The first kappa shape index (κ1) is 15.8. The summed E-state index contributed by atoms with van der Waals surface area (Å²) in [5.41, 5.74) is 0.283. The highest BCUT2D eigenvalue weighted by atomic mass is 79.9. The number of hydrogen-bond acceptors (Lipinski definition) is 2. The predicted molar refractivity (Wildman–Crippen MR) is 68.5 cm³/mol. The van der Waals surface area contributed by atoms with E-state index in [9.17, 15) is 18.0 Å². The average molecular weight is 340 g/mol. The van der Waals surface area contributed by atoms with Gasteiger partial charge in [-0.1, -0.05) is 22.9 Å². The van der Waals surface area contributed by atoms with Gasteiger partial charge in [0.25, 0.3) is 5.91 Å². The van der Waals surface area contributed by atoms with E-state index in [1.165, 1.54) is 12.1 Å². The van der Waals surface area contributed by atoms with E-state index in [0.29, 0.717) is 6.54 Å². The van der Waals surface area contributed by atoms with E-state index in [1.54, 1.807) is 0 Å². The van der Waals surface area contributed by atoms with Crippen molar-refractivity contribution < 1.29 is 22.7 Å². The van der Waals surface area contributed by atoms with E-state index < -0.39 is 6.36 Å². The van der Waals surface area contributed by atoms with E-state index in [0.717, 1.165) is 18.6 Å². The minimum atomic E-state index is -4.73. The van der Waals surface area contributed by atoms with Gasteiger partial charge in [0.2, 0.25) is 0 Å². The maximum atomic E-state index is 11.9. The number of carbonyl (C=O) groups excluding carboxylic acids is 1. The largest absolute Gasteiger partial charge is 0.573 e. The lowest BCUT2D eigenvalue weighted by Crippen LogP contribution is -2.29. The molecule has 1 rings (SSSR count). The molecule has 1 N–H and O–H groups in total. The zero-order valence-electron chi connectivity index (χ0n) is 10.1. The Kier molecular flexibility index (Phi) is 5.65. The molecule has 1 amide bonds. The van der Waals surface area contributed by atoms with Gasteiger partial charge in [-0.25, -0.2) is 0 Å². The van der Waals surface area contributed by atoms with Crippen LogP contribution >= 0.6 is 15.9 Å². The van der Waals surface area contributed by atoms with Crippen molar-refractivity contribution in [1.82, 2.24) is 5.32 Å². The summed E-state index contributed by atoms with van der Waals surface area (Å²) in [5.74, 6) is -0.688. The molecule has 0 saturated carbocycles. The molecule has 0 spiro atoms. The topological polar surface area (TPSA) is 38.3 Å². The molecule has 0 heterocycles. The number of benzene rings is 1. The Morgan fingerprint density at radius 2 is 1.95 bits per heavy atom. The van der Waals surface area contributed by atoms with E-state index >= 15 is 0 Å². The molecule has 0 aliphatic rings.